The van der Waals surface area contributed by atoms with E-state index in [2.05, 4.69) is 15.4 Å². The molecular weight excluding hydrogens is 398 g/mol. The van der Waals surface area contributed by atoms with Gasteiger partial charge in [0.05, 0.1) is 10.6 Å². The molecule has 2 N–H and O–H groups in total. The second kappa shape index (κ2) is 9.79. The van der Waals surface area contributed by atoms with Crippen molar-refractivity contribution in [2.75, 3.05) is 5.32 Å². The molecule has 0 saturated heterocycles. The van der Waals surface area contributed by atoms with Crippen molar-refractivity contribution >= 4 is 28.8 Å². The minimum atomic E-state index is -3.02. The Balaban J connectivity index is 1.79. The van der Waals surface area contributed by atoms with Crippen molar-refractivity contribution < 1.29 is 23.1 Å². The van der Waals surface area contributed by atoms with E-state index in [1.807, 2.05) is 30.3 Å². The average molecular weight is 416 g/mol. The highest BCUT2D eigenvalue weighted by Crippen LogP contribution is 2.25. The Labute approximate surface area is 170 Å². The Bertz CT molecular complexity index is 950. The fraction of sp³-hybridized carbons (Fsp3) is 0.143. The number of hydrogen-bond donors (Lipinski definition) is 2. The number of nitrogens with one attached hydrogen (secondary N) is 2. The minimum Gasteiger partial charge on any atom is -0.433 e. The number of anilines is 1. The van der Waals surface area contributed by atoms with Crippen LogP contribution in [0.3, 0.4) is 0 Å². The largest absolute Gasteiger partial charge is 0.433 e. The SMILES string of the molecule is O=C(NC(Cc1ccccc1)C(=O)Nc1ccccc1OC(F)F)c1cccs1. The maximum Gasteiger partial charge on any atom is 0.387 e. The van der Waals surface area contributed by atoms with Gasteiger partial charge in [0, 0.05) is 6.42 Å². The fourth-order valence-electron chi connectivity index (χ4n) is 2.68. The average Bonchev–Trinajstić information content (AvgIpc) is 3.24. The van der Waals surface area contributed by atoms with Crippen LogP contribution in [0.5, 0.6) is 5.75 Å². The number of rotatable bonds is 8. The Morgan fingerprint density at radius 1 is 0.966 bits per heavy atom. The van der Waals surface area contributed by atoms with Gasteiger partial charge in [0.25, 0.3) is 5.91 Å². The van der Waals surface area contributed by atoms with E-state index in [4.69, 9.17) is 0 Å². The topological polar surface area (TPSA) is 67.4 Å². The summed E-state index contributed by atoms with van der Waals surface area (Å²) < 4.78 is 29.7. The Morgan fingerprint density at radius 3 is 2.38 bits per heavy atom. The smallest absolute Gasteiger partial charge is 0.387 e. The van der Waals surface area contributed by atoms with E-state index >= 15 is 0 Å². The first-order valence-corrected chi connectivity index (χ1v) is 9.64. The summed E-state index contributed by atoms with van der Waals surface area (Å²) in [6.45, 7) is -3.02. The summed E-state index contributed by atoms with van der Waals surface area (Å²) in [7, 11) is 0. The van der Waals surface area contributed by atoms with Gasteiger partial charge < -0.3 is 15.4 Å². The molecule has 0 aliphatic carbocycles. The van der Waals surface area contributed by atoms with Crippen LogP contribution in [0.4, 0.5) is 14.5 Å². The summed E-state index contributed by atoms with van der Waals surface area (Å²) >= 11 is 1.26. The molecule has 8 heteroatoms. The molecule has 1 aromatic heterocycles. The molecular formula is C21H18F2N2O3S. The van der Waals surface area contributed by atoms with E-state index in [0.29, 0.717) is 4.88 Å². The predicted molar refractivity (Wildman–Crippen MR) is 107 cm³/mol. The standard InChI is InChI=1S/C21H18F2N2O3S/c22-21(23)28-17-10-5-4-9-15(17)24-19(26)16(13-14-7-2-1-3-8-14)25-20(27)18-11-6-12-29-18/h1-12,16,21H,13H2,(H,24,26)(H,25,27). The van der Waals surface area contributed by atoms with Gasteiger partial charge in [0.1, 0.15) is 11.8 Å². The van der Waals surface area contributed by atoms with Gasteiger partial charge in [-0.2, -0.15) is 8.78 Å². The summed E-state index contributed by atoms with van der Waals surface area (Å²) in [5.74, 6) is -1.07. The first-order valence-electron chi connectivity index (χ1n) is 8.76. The summed E-state index contributed by atoms with van der Waals surface area (Å²) in [6, 6.07) is 17.6. The summed E-state index contributed by atoms with van der Waals surface area (Å²) in [6.07, 6.45) is 0.238. The Hall–Kier alpha value is -3.26. The third-order valence-electron chi connectivity index (χ3n) is 4.01. The molecule has 1 unspecified atom stereocenters. The van der Waals surface area contributed by atoms with Crippen LogP contribution < -0.4 is 15.4 Å². The van der Waals surface area contributed by atoms with Gasteiger partial charge in [-0.25, -0.2) is 0 Å². The fourth-order valence-corrected chi connectivity index (χ4v) is 3.31. The number of carbonyl (C=O) groups excluding carboxylic acids is 2. The van der Waals surface area contributed by atoms with E-state index in [9.17, 15) is 18.4 Å². The lowest BCUT2D eigenvalue weighted by Crippen LogP contribution is -2.45. The molecule has 0 aliphatic rings. The number of thiophene rings is 1. The zero-order chi connectivity index (χ0) is 20.6. The zero-order valence-electron chi connectivity index (χ0n) is 15.2. The van der Waals surface area contributed by atoms with Gasteiger partial charge in [-0.15, -0.1) is 11.3 Å². The highest BCUT2D eigenvalue weighted by atomic mass is 32.1. The molecule has 0 aliphatic heterocycles. The molecule has 1 heterocycles. The quantitative estimate of drug-likeness (QED) is 0.574. The molecule has 3 rings (SSSR count). The number of ether oxygens (including phenoxy) is 1. The molecule has 150 valence electrons. The number of halogens is 2. The minimum absolute atomic E-state index is 0.0984. The van der Waals surface area contributed by atoms with Crippen molar-refractivity contribution in [1.29, 1.82) is 0 Å². The van der Waals surface area contributed by atoms with E-state index in [0.717, 1.165) is 5.56 Å². The maximum absolute atomic E-state index is 12.9. The zero-order valence-corrected chi connectivity index (χ0v) is 16.0. The van der Waals surface area contributed by atoms with Gasteiger partial charge >= 0.3 is 6.61 Å². The van der Waals surface area contributed by atoms with E-state index < -0.39 is 18.6 Å². The summed E-state index contributed by atoms with van der Waals surface area (Å²) in [5.41, 5.74) is 0.942. The second-order valence-electron chi connectivity index (χ2n) is 6.06. The lowest BCUT2D eigenvalue weighted by molar-refractivity contribution is -0.118. The van der Waals surface area contributed by atoms with Gasteiger partial charge in [-0.3, -0.25) is 9.59 Å². The number of benzene rings is 2. The van der Waals surface area contributed by atoms with Crippen molar-refractivity contribution in [2.45, 2.75) is 19.1 Å². The summed E-state index contributed by atoms with van der Waals surface area (Å²) in [4.78, 5) is 25.8. The van der Waals surface area contributed by atoms with Crippen LogP contribution >= 0.6 is 11.3 Å². The molecule has 3 aromatic rings. The molecule has 29 heavy (non-hydrogen) atoms. The number of carbonyl (C=O) groups is 2. The number of alkyl halides is 2. The van der Waals surface area contributed by atoms with Crippen LogP contribution in [0.1, 0.15) is 15.2 Å². The van der Waals surface area contributed by atoms with Crippen molar-refractivity contribution in [3.05, 3.63) is 82.6 Å². The van der Waals surface area contributed by atoms with Crippen molar-refractivity contribution in [1.82, 2.24) is 5.32 Å². The third-order valence-corrected chi connectivity index (χ3v) is 4.88. The molecule has 0 fully saturated rings. The Morgan fingerprint density at radius 2 is 1.69 bits per heavy atom. The lowest BCUT2D eigenvalue weighted by atomic mass is 10.0. The third kappa shape index (κ3) is 5.86. The molecule has 1 atom stereocenters. The molecule has 5 nitrogen and oxygen atoms in total. The van der Waals surface area contributed by atoms with Crippen LogP contribution in [0.2, 0.25) is 0 Å². The van der Waals surface area contributed by atoms with Gasteiger partial charge in [0.15, 0.2) is 0 Å². The van der Waals surface area contributed by atoms with Crippen LogP contribution in [0, 0.1) is 0 Å². The van der Waals surface area contributed by atoms with Gasteiger partial charge in [-0.05, 0) is 29.1 Å². The van der Waals surface area contributed by atoms with Crippen molar-refractivity contribution in [3.8, 4) is 5.75 Å². The molecule has 0 radical (unpaired) electrons. The van der Waals surface area contributed by atoms with Crippen LogP contribution in [0.15, 0.2) is 72.1 Å². The highest BCUT2D eigenvalue weighted by molar-refractivity contribution is 7.12. The number of hydrogen-bond acceptors (Lipinski definition) is 4. The predicted octanol–water partition coefficient (Wildman–Crippen LogP) is 4.33. The molecule has 0 bridgehead atoms. The maximum atomic E-state index is 12.9. The molecule has 0 spiro atoms. The van der Waals surface area contributed by atoms with Crippen LogP contribution in [0.25, 0.3) is 0 Å². The highest BCUT2D eigenvalue weighted by Gasteiger charge is 2.23. The van der Waals surface area contributed by atoms with E-state index in [1.54, 1.807) is 23.6 Å². The second-order valence-corrected chi connectivity index (χ2v) is 7.00. The summed E-state index contributed by atoms with van der Waals surface area (Å²) in [5, 5.41) is 7.06. The van der Waals surface area contributed by atoms with Gasteiger partial charge in [0.2, 0.25) is 5.91 Å². The van der Waals surface area contributed by atoms with Crippen molar-refractivity contribution in [3.63, 3.8) is 0 Å². The molecule has 2 aromatic carbocycles. The first kappa shape index (κ1) is 20.5. The van der Waals surface area contributed by atoms with E-state index in [1.165, 1.54) is 29.5 Å². The van der Waals surface area contributed by atoms with Crippen LogP contribution in [-0.4, -0.2) is 24.5 Å². The normalized spacial score (nSPS) is 11.7. The van der Waals surface area contributed by atoms with Crippen molar-refractivity contribution in [2.24, 2.45) is 0 Å². The Kier molecular flexibility index (Phi) is 6.91. The van der Waals surface area contributed by atoms with Gasteiger partial charge in [-0.1, -0.05) is 48.5 Å². The number of para-hydroxylation sites is 2. The molecule has 2 amide bonds. The van der Waals surface area contributed by atoms with E-state index in [-0.39, 0.29) is 23.8 Å². The first-order chi connectivity index (χ1) is 14.0. The number of amides is 2. The van der Waals surface area contributed by atoms with Crippen LogP contribution in [-0.2, 0) is 11.2 Å². The molecule has 0 saturated carbocycles. The lowest BCUT2D eigenvalue weighted by Gasteiger charge is -2.19. The monoisotopic (exact) mass is 416 g/mol.